The number of unbranched alkanes of at least 4 members (excludes halogenated alkanes) is 1. The number of ether oxygens (including phenoxy) is 1. The molecule has 1 aromatic carbocycles. The van der Waals surface area contributed by atoms with Gasteiger partial charge in [0.1, 0.15) is 17.3 Å². The Morgan fingerprint density at radius 2 is 2.06 bits per heavy atom. The highest BCUT2D eigenvalue weighted by Crippen LogP contribution is 2.30. The highest BCUT2D eigenvalue weighted by Gasteiger charge is 2.24. The van der Waals surface area contributed by atoms with Crippen LogP contribution in [-0.2, 0) is 21.4 Å². The molecule has 1 amide bonds. The smallest absolute Gasteiger partial charge is 0.409 e. The maximum Gasteiger partial charge on any atom is 0.409 e. The monoisotopic (exact) mass is 473 g/mol. The second kappa shape index (κ2) is 10.4. The molecule has 3 rings (SSSR count). The van der Waals surface area contributed by atoms with E-state index >= 15 is 0 Å². The Bertz CT molecular complexity index is 1240. The molecule has 3 aromatic rings. The van der Waals surface area contributed by atoms with E-state index in [-0.39, 0.29) is 28.3 Å². The van der Waals surface area contributed by atoms with Gasteiger partial charge in [-0.05, 0) is 36.8 Å². The van der Waals surface area contributed by atoms with Gasteiger partial charge in [-0.1, -0.05) is 19.4 Å². The highest BCUT2D eigenvalue weighted by atomic mass is 32.2. The van der Waals surface area contributed by atoms with Gasteiger partial charge in [0.15, 0.2) is 6.29 Å². The first-order valence-electron chi connectivity index (χ1n) is 10.3. The van der Waals surface area contributed by atoms with Gasteiger partial charge in [0.2, 0.25) is 0 Å². The van der Waals surface area contributed by atoms with Crippen molar-refractivity contribution in [2.75, 3.05) is 13.6 Å². The van der Waals surface area contributed by atoms with E-state index in [0.717, 1.165) is 16.8 Å². The van der Waals surface area contributed by atoms with Crippen molar-refractivity contribution in [1.82, 2.24) is 13.9 Å². The molecule has 0 aliphatic rings. The summed E-state index contributed by atoms with van der Waals surface area (Å²) in [5, 5.41) is 0. The molecule has 0 fully saturated rings. The summed E-state index contributed by atoms with van der Waals surface area (Å²) in [7, 11) is -2.54. The number of pyridine rings is 1. The van der Waals surface area contributed by atoms with E-state index in [0.29, 0.717) is 18.4 Å². The number of rotatable bonds is 9. The Kier molecular flexibility index (Phi) is 7.59. The first-order chi connectivity index (χ1) is 15.8. The molecule has 0 bridgehead atoms. The van der Waals surface area contributed by atoms with E-state index in [1.54, 1.807) is 7.05 Å². The molecule has 0 radical (unpaired) electrons. The van der Waals surface area contributed by atoms with E-state index in [1.807, 2.05) is 6.92 Å². The maximum atomic E-state index is 14.9. The molecule has 10 heteroatoms. The summed E-state index contributed by atoms with van der Waals surface area (Å²) in [6, 6.07) is 8.38. The van der Waals surface area contributed by atoms with E-state index < -0.39 is 21.9 Å². The number of aromatic nitrogens is 2. The van der Waals surface area contributed by atoms with Crippen LogP contribution < -0.4 is 0 Å². The summed E-state index contributed by atoms with van der Waals surface area (Å²) in [5.74, 6) is -0.851. The Hall–Kier alpha value is -3.53. The lowest BCUT2D eigenvalue weighted by Gasteiger charge is -2.16. The van der Waals surface area contributed by atoms with Crippen molar-refractivity contribution in [3.05, 3.63) is 71.9 Å². The zero-order valence-corrected chi connectivity index (χ0v) is 19.1. The zero-order valence-electron chi connectivity index (χ0n) is 18.3. The number of amides is 1. The molecule has 0 spiro atoms. The summed E-state index contributed by atoms with van der Waals surface area (Å²) in [6.45, 7) is 2.32. The predicted octanol–water partition coefficient (Wildman–Crippen LogP) is 4.11. The third-order valence-electron chi connectivity index (χ3n) is 4.99. The van der Waals surface area contributed by atoms with E-state index in [4.69, 9.17) is 4.74 Å². The normalized spacial score (nSPS) is 11.2. The number of carbonyl (C=O) groups is 2. The minimum atomic E-state index is -4.15. The zero-order chi connectivity index (χ0) is 24.0. The number of nitrogens with zero attached hydrogens (tertiary/aromatic N) is 3. The second-order valence-electron chi connectivity index (χ2n) is 7.38. The van der Waals surface area contributed by atoms with Crippen LogP contribution in [0.5, 0.6) is 0 Å². The Labute approximate surface area is 191 Å². The van der Waals surface area contributed by atoms with Crippen LogP contribution in [0.15, 0.2) is 59.9 Å². The van der Waals surface area contributed by atoms with Gasteiger partial charge >= 0.3 is 6.09 Å². The molecule has 0 unspecified atom stereocenters. The summed E-state index contributed by atoms with van der Waals surface area (Å²) >= 11 is 0. The maximum absolute atomic E-state index is 14.9. The fourth-order valence-electron chi connectivity index (χ4n) is 3.16. The van der Waals surface area contributed by atoms with Crippen LogP contribution in [0.4, 0.5) is 9.18 Å². The van der Waals surface area contributed by atoms with Crippen molar-refractivity contribution in [2.45, 2.75) is 31.3 Å². The molecule has 0 atom stereocenters. The number of benzene rings is 1. The molecule has 33 heavy (non-hydrogen) atoms. The lowest BCUT2D eigenvalue weighted by atomic mass is 10.1. The quantitative estimate of drug-likeness (QED) is 0.434. The minimum Gasteiger partial charge on any atom is -0.444 e. The van der Waals surface area contributed by atoms with Crippen molar-refractivity contribution in [3.63, 3.8) is 0 Å². The number of aldehydes is 1. The number of carbonyl (C=O) groups excluding carboxylic acids is 2. The van der Waals surface area contributed by atoms with Crippen LogP contribution in [0.25, 0.3) is 11.3 Å². The van der Waals surface area contributed by atoms with Crippen molar-refractivity contribution in [2.24, 2.45) is 0 Å². The third kappa shape index (κ3) is 5.28. The fraction of sp³-hybridized carbons (Fsp3) is 0.261. The minimum absolute atomic E-state index is 0.00885. The summed E-state index contributed by atoms with van der Waals surface area (Å²) in [5.41, 5.74) is 0.0466. The van der Waals surface area contributed by atoms with Gasteiger partial charge in [-0.15, -0.1) is 0 Å². The molecule has 8 nitrogen and oxygen atoms in total. The predicted molar refractivity (Wildman–Crippen MR) is 120 cm³/mol. The Balaban J connectivity index is 2.02. The average molecular weight is 474 g/mol. The first kappa shape index (κ1) is 24.1. The lowest BCUT2D eigenvalue weighted by molar-refractivity contribution is 0.104. The van der Waals surface area contributed by atoms with Crippen LogP contribution in [0.1, 0.15) is 35.7 Å². The molecule has 0 saturated carbocycles. The Morgan fingerprint density at radius 1 is 1.27 bits per heavy atom. The highest BCUT2D eigenvalue weighted by molar-refractivity contribution is 7.90. The average Bonchev–Trinajstić information content (AvgIpc) is 3.26. The van der Waals surface area contributed by atoms with E-state index in [1.165, 1.54) is 59.9 Å². The molecular weight excluding hydrogens is 449 g/mol. The third-order valence-corrected chi connectivity index (χ3v) is 6.64. The topological polar surface area (TPSA) is 98.6 Å². The molecule has 2 heterocycles. The van der Waals surface area contributed by atoms with Gasteiger partial charge in [-0.2, -0.15) is 0 Å². The van der Waals surface area contributed by atoms with Crippen LogP contribution in [0.3, 0.4) is 0 Å². The number of hydrogen-bond donors (Lipinski definition) is 0. The van der Waals surface area contributed by atoms with Crippen molar-refractivity contribution < 1.29 is 27.1 Å². The van der Waals surface area contributed by atoms with Gasteiger partial charge in [0.25, 0.3) is 10.0 Å². The van der Waals surface area contributed by atoms with Crippen LogP contribution in [0, 0.1) is 5.82 Å². The molecule has 0 saturated heterocycles. The Morgan fingerprint density at radius 3 is 2.73 bits per heavy atom. The summed E-state index contributed by atoms with van der Waals surface area (Å²) in [6.07, 6.45) is 5.42. The van der Waals surface area contributed by atoms with Crippen molar-refractivity contribution in [3.8, 4) is 11.3 Å². The van der Waals surface area contributed by atoms with Gasteiger partial charge in [-0.25, -0.2) is 21.6 Å². The van der Waals surface area contributed by atoms with Gasteiger partial charge in [0.05, 0.1) is 11.3 Å². The van der Waals surface area contributed by atoms with E-state index in [2.05, 4.69) is 4.98 Å². The number of halogens is 1. The summed E-state index contributed by atoms with van der Waals surface area (Å²) in [4.78, 5) is 28.6. The van der Waals surface area contributed by atoms with Crippen LogP contribution >= 0.6 is 0 Å². The van der Waals surface area contributed by atoms with Crippen LogP contribution in [0.2, 0.25) is 0 Å². The molecular formula is C23H24FN3O5S. The molecule has 0 N–H and O–H groups in total. The second-order valence-corrected chi connectivity index (χ2v) is 9.19. The van der Waals surface area contributed by atoms with Gasteiger partial charge in [0, 0.05) is 43.3 Å². The lowest BCUT2D eigenvalue weighted by Crippen LogP contribution is -2.28. The SMILES string of the molecule is CCCCN(C)C(=O)OCc1cc(-c2cccc(C=O)c2F)n(S(=O)(=O)c2cccnc2)c1. The van der Waals surface area contributed by atoms with Crippen LogP contribution in [-0.4, -0.2) is 48.2 Å². The molecule has 0 aliphatic carbocycles. The largest absolute Gasteiger partial charge is 0.444 e. The standard InChI is InChI=1S/C23H24FN3O5S/c1-3-4-11-26(2)23(29)32-16-17-12-21(20-9-5-7-18(15-28)22(20)24)27(14-17)33(30,31)19-8-6-10-25-13-19/h5-10,12-15H,3-4,11,16H2,1-2H3. The molecule has 2 aromatic heterocycles. The van der Waals surface area contributed by atoms with Crippen molar-refractivity contribution >= 4 is 22.4 Å². The molecule has 0 aliphatic heterocycles. The number of hydrogen-bond acceptors (Lipinski definition) is 6. The van der Waals surface area contributed by atoms with Crippen molar-refractivity contribution in [1.29, 1.82) is 0 Å². The summed E-state index contributed by atoms with van der Waals surface area (Å²) < 4.78 is 47.7. The fourth-order valence-corrected chi connectivity index (χ4v) is 4.52. The molecule has 174 valence electrons. The first-order valence-corrected chi connectivity index (χ1v) is 11.7. The van der Waals surface area contributed by atoms with Gasteiger partial charge < -0.3 is 9.64 Å². The van der Waals surface area contributed by atoms with E-state index in [9.17, 15) is 22.4 Å². The van der Waals surface area contributed by atoms with Gasteiger partial charge in [-0.3, -0.25) is 9.78 Å².